The van der Waals surface area contributed by atoms with Gasteiger partial charge in [0.25, 0.3) is 0 Å². The average Bonchev–Trinajstić information content (AvgIpc) is 2.61. The normalized spacial score (nSPS) is 13.4. The molecule has 0 amide bonds. The van der Waals surface area contributed by atoms with Gasteiger partial charge >= 0.3 is 0 Å². The molecular weight excluding hydrogens is 334 g/mol. The Morgan fingerprint density at radius 1 is 1.12 bits per heavy atom. The van der Waals surface area contributed by atoms with Crippen molar-refractivity contribution in [3.63, 3.8) is 0 Å². The molecule has 0 fully saturated rings. The highest BCUT2D eigenvalue weighted by Crippen LogP contribution is 2.15. The second-order valence-corrected chi connectivity index (χ2v) is 7.88. The summed E-state index contributed by atoms with van der Waals surface area (Å²) in [4.78, 5) is 4.67. The summed E-state index contributed by atoms with van der Waals surface area (Å²) in [6.45, 7) is 3.98. The molecule has 0 saturated heterocycles. The molecule has 0 bridgehead atoms. The molecule has 134 valence electrons. The molecule has 5 nitrogen and oxygen atoms in total. The van der Waals surface area contributed by atoms with E-state index in [-0.39, 0.29) is 11.7 Å². The molecule has 0 aliphatic rings. The minimum Gasteiger partial charge on any atom is -0.370 e. The highest BCUT2D eigenvalue weighted by atomic mass is 32.2. The molecule has 0 saturated carbocycles. The van der Waals surface area contributed by atoms with E-state index in [0.29, 0.717) is 11.3 Å². The van der Waals surface area contributed by atoms with Gasteiger partial charge in [0.05, 0.1) is 16.7 Å². The molecule has 0 aliphatic heterocycles. The van der Waals surface area contributed by atoms with Crippen LogP contribution >= 0.6 is 0 Å². The predicted octanol–water partition coefficient (Wildman–Crippen LogP) is 3.23. The number of sulfone groups is 1. The van der Waals surface area contributed by atoms with Crippen LogP contribution in [0.5, 0.6) is 0 Å². The van der Waals surface area contributed by atoms with E-state index < -0.39 is 15.9 Å². The van der Waals surface area contributed by atoms with Crippen molar-refractivity contribution in [2.45, 2.75) is 37.6 Å². The van der Waals surface area contributed by atoms with Crippen LogP contribution in [0.3, 0.4) is 0 Å². The fourth-order valence-electron chi connectivity index (χ4n) is 2.47. The minimum absolute atomic E-state index is 0.0646. The van der Waals surface area contributed by atoms with Gasteiger partial charge in [0.15, 0.2) is 15.8 Å². The molecule has 0 aromatic heterocycles. The Labute approximate surface area is 149 Å². The van der Waals surface area contributed by atoms with E-state index in [1.165, 1.54) is 5.56 Å². The summed E-state index contributed by atoms with van der Waals surface area (Å²) in [5.74, 6) is 0.161. The molecule has 2 rings (SSSR count). The maximum Gasteiger partial charge on any atom is 0.193 e. The number of aliphatic imine (C=N–C) groups is 1. The first-order chi connectivity index (χ1) is 11.9. The van der Waals surface area contributed by atoms with Crippen LogP contribution in [0.25, 0.3) is 0 Å². The van der Waals surface area contributed by atoms with Crippen LogP contribution in [0.2, 0.25) is 0 Å². The van der Waals surface area contributed by atoms with Crippen LogP contribution in [0, 0.1) is 0 Å². The quantitative estimate of drug-likeness (QED) is 0.587. The van der Waals surface area contributed by atoms with E-state index in [0.717, 1.165) is 12.1 Å². The van der Waals surface area contributed by atoms with Crippen LogP contribution in [0.15, 0.2) is 64.5 Å². The molecule has 0 heterocycles. The molecule has 6 heteroatoms. The molecule has 0 aliphatic carbocycles. The van der Waals surface area contributed by atoms with Gasteiger partial charge in [-0.1, -0.05) is 44.2 Å². The van der Waals surface area contributed by atoms with Gasteiger partial charge in [0, 0.05) is 5.69 Å². The summed E-state index contributed by atoms with van der Waals surface area (Å²) in [6.07, 6.45) is 1.52. The van der Waals surface area contributed by atoms with Crippen LogP contribution in [0.4, 0.5) is 5.69 Å². The van der Waals surface area contributed by atoms with E-state index in [4.69, 9.17) is 5.73 Å². The maximum absolute atomic E-state index is 12.5. The molecule has 3 N–H and O–H groups in total. The molecule has 2 aromatic rings. The predicted molar refractivity (Wildman–Crippen MR) is 104 cm³/mol. The summed E-state index contributed by atoms with van der Waals surface area (Å²) in [6, 6.07) is 15.9. The fraction of sp³-hybridized carbons (Fsp3) is 0.316. The molecule has 0 spiro atoms. The Balaban J connectivity index is 2.10. The smallest absolute Gasteiger partial charge is 0.193 e. The third kappa shape index (κ3) is 5.60. The van der Waals surface area contributed by atoms with Gasteiger partial charge in [-0.05, 0) is 42.7 Å². The number of hydrogen-bond acceptors (Lipinski definition) is 3. The van der Waals surface area contributed by atoms with Crippen molar-refractivity contribution in [2.75, 3.05) is 11.1 Å². The number of hydrogen-bond donors (Lipinski definition) is 2. The zero-order chi connectivity index (χ0) is 18.3. The van der Waals surface area contributed by atoms with Crippen molar-refractivity contribution in [1.29, 1.82) is 0 Å². The van der Waals surface area contributed by atoms with E-state index in [1.54, 1.807) is 30.3 Å². The molecule has 1 unspecified atom stereocenters. The lowest BCUT2D eigenvalue weighted by Gasteiger charge is -2.13. The van der Waals surface area contributed by atoms with Crippen LogP contribution in [0.1, 0.15) is 25.8 Å². The summed E-state index contributed by atoms with van der Waals surface area (Å²) >= 11 is 0. The van der Waals surface area contributed by atoms with Crippen LogP contribution in [-0.4, -0.2) is 26.2 Å². The zero-order valence-corrected chi connectivity index (χ0v) is 15.5. The van der Waals surface area contributed by atoms with Crippen LogP contribution in [-0.2, 0) is 16.3 Å². The summed E-state index contributed by atoms with van der Waals surface area (Å²) in [7, 11) is -3.39. The van der Waals surface area contributed by atoms with Crippen molar-refractivity contribution in [3.05, 3.63) is 60.2 Å². The molecule has 0 radical (unpaired) electrons. The Hall–Kier alpha value is -2.34. The minimum atomic E-state index is -3.39. The number of anilines is 1. The van der Waals surface area contributed by atoms with E-state index >= 15 is 0 Å². The number of nitrogens with one attached hydrogen (secondary N) is 1. The third-order valence-electron chi connectivity index (χ3n) is 3.91. The van der Waals surface area contributed by atoms with Crippen molar-refractivity contribution in [2.24, 2.45) is 10.7 Å². The number of aryl methyl sites for hydroxylation is 1. The van der Waals surface area contributed by atoms with Gasteiger partial charge in [-0.15, -0.1) is 0 Å². The highest BCUT2D eigenvalue weighted by molar-refractivity contribution is 7.91. The Morgan fingerprint density at radius 3 is 2.48 bits per heavy atom. The first kappa shape index (κ1) is 19.0. The number of nitrogens with two attached hydrogens (primary N) is 1. The van der Waals surface area contributed by atoms with Gasteiger partial charge in [-0.2, -0.15) is 0 Å². The first-order valence-corrected chi connectivity index (χ1v) is 10.1. The largest absolute Gasteiger partial charge is 0.370 e. The monoisotopic (exact) mass is 359 g/mol. The topological polar surface area (TPSA) is 84.5 Å². The van der Waals surface area contributed by atoms with Crippen molar-refractivity contribution in [1.82, 2.24) is 0 Å². The number of nitrogens with zero attached hydrogens (tertiary/aromatic N) is 1. The Morgan fingerprint density at radius 2 is 1.84 bits per heavy atom. The van der Waals surface area contributed by atoms with E-state index in [1.807, 2.05) is 31.2 Å². The summed E-state index contributed by atoms with van der Waals surface area (Å²) in [5.41, 5.74) is 8.02. The second kappa shape index (κ2) is 8.67. The lowest BCUT2D eigenvalue weighted by atomic mass is 10.1. The van der Waals surface area contributed by atoms with Crippen molar-refractivity contribution < 1.29 is 8.42 Å². The molecule has 1 atom stereocenters. The Bertz CT molecular complexity index is 818. The Kier molecular flexibility index (Phi) is 6.58. The lowest BCUT2D eigenvalue weighted by Crippen LogP contribution is -2.28. The number of rotatable bonds is 7. The van der Waals surface area contributed by atoms with Gasteiger partial charge < -0.3 is 11.1 Å². The average molecular weight is 359 g/mol. The molecular formula is C19H25N3O2S. The first-order valence-electron chi connectivity index (χ1n) is 8.41. The number of benzene rings is 2. The van der Waals surface area contributed by atoms with E-state index in [9.17, 15) is 8.42 Å². The maximum atomic E-state index is 12.5. The highest BCUT2D eigenvalue weighted by Gasteiger charge is 2.20. The second-order valence-electron chi connectivity index (χ2n) is 5.85. The fourth-order valence-corrected chi connectivity index (χ4v) is 4.05. The molecule has 25 heavy (non-hydrogen) atoms. The lowest BCUT2D eigenvalue weighted by molar-refractivity contribution is 0.584. The number of guanidine groups is 1. The molecule has 2 aromatic carbocycles. The summed E-state index contributed by atoms with van der Waals surface area (Å²) < 4.78 is 25.0. The zero-order valence-electron chi connectivity index (χ0n) is 14.6. The van der Waals surface area contributed by atoms with E-state index in [2.05, 4.69) is 17.2 Å². The van der Waals surface area contributed by atoms with Crippen molar-refractivity contribution >= 4 is 21.5 Å². The van der Waals surface area contributed by atoms with Gasteiger partial charge in [-0.25, -0.2) is 13.4 Å². The SMILES string of the molecule is CCc1cccc(NC(N)=NC(CC)CS(=O)(=O)c2ccccc2)c1. The standard InChI is InChI=1S/C19H25N3O2S/c1-3-15-9-8-10-17(13-15)22-19(20)21-16(4-2)14-25(23,24)18-11-6-5-7-12-18/h5-13,16H,3-4,14H2,1-2H3,(H3,20,21,22). The van der Waals surface area contributed by atoms with Gasteiger partial charge in [-0.3, -0.25) is 0 Å². The van der Waals surface area contributed by atoms with Gasteiger partial charge in [0.1, 0.15) is 0 Å². The van der Waals surface area contributed by atoms with Crippen LogP contribution < -0.4 is 11.1 Å². The van der Waals surface area contributed by atoms with Crippen molar-refractivity contribution in [3.8, 4) is 0 Å². The van der Waals surface area contributed by atoms with Gasteiger partial charge in [0.2, 0.25) is 0 Å². The summed E-state index contributed by atoms with van der Waals surface area (Å²) in [5, 5.41) is 3.04. The third-order valence-corrected chi connectivity index (χ3v) is 5.73.